The topological polar surface area (TPSA) is 18.5 Å². The normalized spacial score (nSPS) is 20.4. The number of hydrogen-bond acceptors (Lipinski definition) is 3. The molecule has 3 nitrogen and oxygen atoms in total. The van der Waals surface area contributed by atoms with Crippen molar-refractivity contribution >= 4 is 17.1 Å². The Morgan fingerprint density at radius 3 is 2.17 bits per heavy atom. The molecule has 160 valence electrons. The quantitative estimate of drug-likeness (QED) is 0.653. The maximum atomic E-state index is 12.9. The van der Waals surface area contributed by atoms with Gasteiger partial charge in [0.1, 0.15) is 0 Å². The highest BCUT2D eigenvalue weighted by Gasteiger charge is 2.41. The molecule has 2 aliphatic heterocycles. The zero-order chi connectivity index (χ0) is 20.7. The molecular formula is C24H28F3N3. The van der Waals surface area contributed by atoms with Gasteiger partial charge in [-0.15, -0.1) is 0 Å². The van der Waals surface area contributed by atoms with Crippen molar-refractivity contribution < 1.29 is 13.2 Å². The fourth-order valence-electron chi connectivity index (χ4n) is 4.72. The van der Waals surface area contributed by atoms with Gasteiger partial charge < -0.3 is 10.2 Å². The summed E-state index contributed by atoms with van der Waals surface area (Å²) in [6.45, 7) is 4.23. The largest absolute Gasteiger partial charge is 0.391 e. The predicted molar refractivity (Wildman–Crippen MR) is 114 cm³/mol. The van der Waals surface area contributed by atoms with Gasteiger partial charge in [0.25, 0.3) is 0 Å². The monoisotopic (exact) mass is 415 g/mol. The lowest BCUT2D eigenvalue weighted by molar-refractivity contribution is -0.179. The van der Waals surface area contributed by atoms with Gasteiger partial charge >= 0.3 is 6.18 Å². The minimum atomic E-state index is -4.06. The van der Waals surface area contributed by atoms with Crippen LogP contribution in [0.2, 0.25) is 0 Å². The summed E-state index contributed by atoms with van der Waals surface area (Å²) in [7, 11) is 0. The Morgan fingerprint density at radius 1 is 0.833 bits per heavy atom. The van der Waals surface area contributed by atoms with E-state index in [0.717, 1.165) is 36.1 Å². The molecule has 30 heavy (non-hydrogen) atoms. The Kier molecular flexibility index (Phi) is 5.13. The van der Waals surface area contributed by atoms with Crippen molar-refractivity contribution in [3.8, 4) is 0 Å². The lowest BCUT2D eigenvalue weighted by atomic mass is 9.96. The summed E-state index contributed by atoms with van der Waals surface area (Å²) >= 11 is 0. The molecular weight excluding hydrogens is 387 g/mol. The van der Waals surface area contributed by atoms with E-state index in [1.807, 2.05) is 24.3 Å². The van der Waals surface area contributed by atoms with Crippen molar-refractivity contribution in [1.29, 1.82) is 0 Å². The van der Waals surface area contributed by atoms with Crippen molar-refractivity contribution in [3.05, 3.63) is 53.6 Å². The van der Waals surface area contributed by atoms with Crippen LogP contribution in [0, 0.1) is 11.8 Å². The van der Waals surface area contributed by atoms with Crippen LogP contribution < -0.4 is 10.2 Å². The van der Waals surface area contributed by atoms with Crippen LogP contribution in [0.5, 0.6) is 0 Å². The van der Waals surface area contributed by atoms with Gasteiger partial charge in [-0.1, -0.05) is 6.07 Å². The van der Waals surface area contributed by atoms with Crippen LogP contribution in [0.4, 0.5) is 30.2 Å². The van der Waals surface area contributed by atoms with Gasteiger partial charge in [0.15, 0.2) is 0 Å². The molecule has 0 radical (unpaired) electrons. The van der Waals surface area contributed by atoms with Crippen LogP contribution in [-0.4, -0.2) is 30.7 Å². The molecule has 0 bridgehead atoms. The highest BCUT2D eigenvalue weighted by Crippen LogP contribution is 2.36. The molecule has 0 spiro atoms. The fourth-order valence-corrected chi connectivity index (χ4v) is 4.72. The smallest absolute Gasteiger partial charge is 0.372 e. The first-order valence-corrected chi connectivity index (χ1v) is 11.0. The molecule has 0 aromatic heterocycles. The third kappa shape index (κ3) is 4.43. The Balaban J connectivity index is 1.18. The number of halogens is 3. The molecule has 2 aromatic carbocycles. The van der Waals surface area contributed by atoms with Crippen LogP contribution in [0.3, 0.4) is 0 Å². The Labute approximate surface area is 175 Å². The second kappa shape index (κ2) is 7.80. The standard InChI is InChI=1S/C24H28F3N3/c25-24(26,27)20-9-11-30(12-10-20)23-7-5-21(6-8-23)28-22-4-3-18-15-29(14-17-1-2-17)16-19(18)13-22/h3-8,13,17,20,28H,1-2,9-12,14-16H2. The van der Waals surface area contributed by atoms with E-state index in [4.69, 9.17) is 0 Å². The third-order valence-corrected chi connectivity index (χ3v) is 6.69. The van der Waals surface area contributed by atoms with Gasteiger partial charge in [0, 0.05) is 49.8 Å². The summed E-state index contributed by atoms with van der Waals surface area (Å²) in [6.07, 6.45) is -0.941. The van der Waals surface area contributed by atoms with Crippen molar-refractivity contribution in [2.24, 2.45) is 11.8 Å². The summed E-state index contributed by atoms with van der Waals surface area (Å²) in [4.78, 5) is 4.60. The number of benzene rings is 2. The Hall–Kier alpha value is -2.21. The van der Waals surface area contributed by atoms with E-state index in [2.05, 4.69) is 33.3 Å². The van der Waals surface area contributed by atoms with E-state index in [-0.39, 0.29) is 12.8 Å². The van der Waals surface area contributed by atoms with E-state index in [1.54, 1.807) is 0 Å². The number of nitrogens with one attached hydrogen (secondary N) is 1. The summed E-state index contributed by atoms with van der Waals surface area (Å²) in [6, 6.07) is 14.6. The van der Waals surface area contributed by atoms with Crippen LogP contribution in [0.15, 0.2) is 42.5 Å². The van der Waals surface area contributed by atoms with Crippen molar-refractivity contribution in [2.75, 3.05) is 29.9 Å². The zero-order valence-corrected chi connectivity index (χ0v) is 17.1. The first-order valence-electron chi connectivity index (χ1n) is 11.0. The van der Waals surface area contributed by atoms with Gasteiger partial charge in [-0.3, -0.25) is 4.90 Å². The van der Waals surface area contributed by atoms with E-state index in [1.165, 1.54) is 30.5 Å². The maximum absolute atomic E-state index is 12.9. The lowest BCUT2D eigenvalue weighted by Crippen LogP contribution is -2.38. The molecule has 2 aromatic rings. The van der Waals surface area contributed by atoms with Crippen molar-refractivity contribution in [1.82, 2.24) is 4.90 Å². The lowest BCUT2D eigenvalue weighted by Gasteiger charge is -2.34. The highest BCUT2D eigenvalue weighted by molar-refractivity contribution is 5.64. The Bertz CT molecular complexity index is 882. The molecule has 0 amide bonds. The maximum Gasteiger partial charge on any atom is 0.391 e. The van der Waals surface area contributed by atoms with Gasteiger partial charge in [-0.2, -0.15) is 13.2 Å². The molecule has 1 aliphatic carbocycles. The van der Waals surface area contributed by atoms with E-state index >= 15 is 0 Å². The molecule has 5 rings (SSSR count). The number of alkyl halides is 3. The second-order valence-electron chi connectivity index (χ2n) is 9.07. The van der Waals surface area contributed by atoms with Gasteiger partial charge in [0.2, 0.25) is 0 Å². The average molecular weight is 416 g/mol. The molecule has 6 heteroatoms. The summed E-state index contributed by atoms with van der Waals surface area (Å²) in [5, 5.41) is 3.47. The zero-order valence-electron chi connectivity index (χ0n) is 17.1. The predicted octanol–water partition coefficient (Wildman–Crippen LogP) is 5.93. The number of rotatable bonds is 5. The van der Waals surface area contributed by atoms with Crippen LogP contribution in [-0.2, 0) is 13.1 Å². The number of fused-ring (bicyclic) bond motifs is 1. The molecule has 1 saturated heterocycles. The minimum absolute atomic E-state index is 0.177. The van der Waals surface area contributed by atoms with E-state index < -0.39 is 12.1 Å². The second-order valence-corrected chi connectivity index (χ2v) is 9.07. The van der Waals surface area contributed by atoms with Gasteiger partial charge in [0.05, 0.1) is 5.92 Å². The molecule has 2 fully saturated rings. The average Bonchev–Trinajstić information content (AvgIpc) is 3.45. The van der Waals surface area contributed by atoms with Crippen LogP contribution in [0.1, 0.15) is 36.8 Å². The number of nitrogens with zero attached hydrogens (tertiary/aromatic N) is 2. The first-order chi connectivity index (χ1) is 14.4. The molecule has 2 heterocycles. The third-order valence-electron chi connectivity index (χ3n) is 6.69. The summed E-state index contributed by atoms with van der Waals surface area (Å²) < 4.78 is 38.6. The fraction of sp³-hybridized carbons (Fsp3) is 0.500. The number of anilines is 3. The highest BCUT2D eigenvalue weighted by atomic mass is 19.4. The molecule has 1 saturated carbocycles. The molecule has 0 unspecified atom stereocenters. The SMILES string of the molecule is FC(F)(F)C1CCN(c2ccc(Nc3ccc4c(c3)CN(CC3CC3)C4)cc2)CC1. The van der Waals surface area contributed by atoms with Gasteiger partial charge in [-0.25, -0.2) is 0 Å². The summed E-state index contributed by atoms with van der Waals surface area (Å²) in [5.74, 6) is -0.246. The van der Waals surface area contributed by atoms with Crippen LogP contribution in [0.25, 0.3) is 0 Å². The number of hydrogen-bond donors (Lipinski definition) is 1. The van der Waals surface area contributed by atoms with Crippen LogP contribution >= 0.6 is 0 Å². The molecule has 1 N–H and O–H groups in total. The van der Waals surface area contributed by atoms with Gasteiger partial charge in [-0.05, 0) is 79.1 Å². The minimum Gasteiger partial charge on any atom is -0.372 e. The molecule has 3 aliphatic rings. The number of piperidine rings is 1. The summed E-state index contributed by atoms with van der Waals surface area (Å²) in [5.41, 5.74) is 5.91. The Morgan fingerprint density at radius 2 is 1.50 bits per heavy atom. The van der Waals surface area contributed by atoms with Crippen molar-refractivity contribution in [2.45, 2.75) is 44.9 Å². The van der Waals surface area contributed by atoms with Crippen molar-refractivity contribution in [3.63, 3.8) is 0 Å². The van der Waals surface area contributed by atoms with E-state index in [9.17, 15) is 13.2 Å². The van der Waals surface area contributed by atoms with E-state index in [0.29, 0.717) is 13.1 Å². The first kappa shape index (κ1) is 19.7. The molecule has 0 atom stereocenters.